The maximum Gasteiger partial charge on any atom is 0.0669 e. The van der Waals surface area contributed by atoms with Gasteiger partial charge in [-0.1, -0.05) is 81.5 Å². The quantitative estimate of drug-likeness (QED) is 0.471. The molecular formula is C25H33N. The molecule has 138 valence electrons. The first kappa shape index (κ1) is 20.2. The van der Waals surface area contributed by atoms with Crippen LogP contribution in [0.3, 0.4) is 0 Å². The Hall–Kier alpha value is -2.07. The van der Waals surface area contributed by atoms with E-state index in [0.717, 1.165) is 29.0 Å². The molecule has 0 radical (unpaired) electrons. The molecule has 0 aliphatic heterocycles. The summed E-state index contributed by atoms with van der Waals surface area (Å²) in [5.74, 6) is 0.832. The van der Waals surface area contributed by atoms with E-state index in [-0.39, 0.29) is 0 Å². The Balaban J connectivity index is 2.30. The highest BCUT2D eigenvalue weighted by Crippen LogP contribution is 2.35. The minimum absolute atomic E-state index is 0.463. The van der Waals surface area contributed by atoms with Gasteiger partial charge < -0.3 is 0 Å². The van der Waals surface area contributed by atoms with Crippen molar-refractivity contribution in [2.24, 2.45) is 5.92 Å². The molecule has 0 spiro atoms. The van der Waals surface area contributed by atoms with Crippen LogP contribution in [0.5, 0.6) is 0 Å². The van der Waals surface area contributed by atoms with Crippen LogP contribution in [0.4, 0.5) is 0 Å². The van der Waals surface area contributed by atoms with Crippen LogP contribution in [0, 0.1) is 17.2 Å². The Kier molecular flexibility index (Phi) is 7.92. The summed E-state index contributed by atoms with van der Waals surface area (Å²) in [6, 6.07) is 10.5. The van der Waals surface area contributed by atoms with E-state index >= 15 is 0 Å². The van der Waals surface area contributed by atoms with Gasteiger partial charge >= 0.3 is 0 Å². The Bertz CT molecular complexity index is 704. The number of nitriles is 1. The van der Waals surface area contributed by atoms with Crippen molar-refractivity contribution in [1.29, 1.82) is 5.26 Å². The maximum atomic E-state index is 8.86. The summed E-state index contributed by atoms with van der Waals surface area (Å²) >= 11 is 0. The van der Waals surface area contributed by atoms with Crippen LogP contribution in [-0.2, 0) is 6.42 Å². The standard InChI is InChI=1S/C25H33N/c1-5-9-19(2)25(20(3)18-23-10-7-6-8-11-23)21(4)24-14-12-22(13-15-24)16-17-26/h9,12-15,23H,4-8,10-11,16,18H2,1-3H3/b19-9-,25-20-. The van der Waals surface area contributed by atoms with Gasteiger partial charge in [-0.25, -0.2) is 0 Å². The molecule has 0 unspecified atom stereocenters. The first-order valence-corrected chi connectivity index (χ1v) is 10.1. The van der Waals surface area contributed by atoms with Crippen molar-refractivity contribution in [3.8, 4) is 6.07 Å². The van der Waals surface area contributed by atoms with Gasteiger partial charge in [-0.3, -0.25) is 0 Å². The zero-order valence-electron chi connectivity index (χ0n) is 16.8. The van der Waals surface area contributed by atoms with Crippen molar-refractivity contribution in [2.75, 3.05) is 0 Å². The van der Waals surface area contributed by atoms with E-state index in [9.17, 15) is 0 Å². The van der Waals surface area contributed by atoms with Crippen LogP contribution in [0.2, 0.25) is 0 Å². The third-order valence-corrected chi connectivity index (χ3v) is 5.54. The lowest BCUT2D eigenvalue weighted by atomic mass is 9.81. The molecule has 1 saturated carbocycles. The van der Waals surface area contributed by atoms with Gasteiger partial charge in [-0.05, 0) is 60.5 Å². The highest BCUT2D eigenvalue weighted by Gasteiger charge is 2.17. The third kappa shape index (κ3) is 5.46. The molecule has 0 atom stereocenters. The zero-order valence-corrected chi connectivity index (χ0v) is 16.8. The second-order valence-electron chi connectivity index (χ2n) is 7.67. The van der Waals surface area contributed by atoms with E-state index in [1.54, 1.807) is 0 Å². The van der Waals surface area contributed by atoms with Gasteiger partial charge in [0, 0.05) is 0 Å². The fourth-order valence-corrected chi connectivity index (χ4v) is 4.23. The molecule has 1 aliphatic carbocycles. The number of rotatable bonds is 7. The van der Waals surface area contributed by atoms with Gasteiger partial charge in [0.15, 0.2) is 0 Å². The number of hydrogen-bond donors (Lipinski definition) is 0. The zero-order chi connectivity index (χ0) is 18.9. The van der Waals surface area contributed by atoms with Crippen LogP contribution in [0.15, 0.2) is 53.6 Å². The lowest BCUT2D eigenvalue weighted by Crippen LogP contribution is -2.08. The summed E-state index contributed by atoms with van der Waals surface area (Å²) in [5, 5.41) is 8.86. The molecule has 2 rings (SSSR count). The molecule has 0 saturated heterocycles. The lowest BCUT2D eigenvalue weighted by molar-refractivity contribution is 0.355. The van der Waals surface area contributed by atoms with Crippen molar-refractivity contribution in [2.45, 2.75) is 72.1 Å². The third-order valence-electron chi connectivity index (χ3n) is 5.54. The van der Waals surface area contributed by atoms with Crippen molar-refractivity contribution < 1.29 is 0 Å². The van der Waals surface area contributed by atoms with Crippen molar-refractivity contribution in [1.82, 2.24) is 0 Å². The van der Waals surface area contributed by atoms with Crippen molar-refractivity contribution in [3.63, 3.8) is 0 Å². The molecule has 26 heavy (non-hydrogen) atoms. The predicted molar refractivity (Wildman–Crippen MR) is 113 cm³/mol. The molecule has 0 aromatic heterocycles. The smallest absolute Gasteiger partial charge is 0.0669 e. The van der Waals surface area contributed by atoms with Crippen LogP contribution in [-0.4, -0.2) is 0 Å². The van der Waals surface area contributed by atoms with E-state index in [0.29, 0.717) is 6.42 Å². The summed E-state index contributed by atoms with van der Waals surface area (Å²) in [7, 11) is 0. The molecule has 1 aromatic rings. The summed E-state index contributed by atoms with van der Waals surface area (Å²) in [6.45, 7) is 11.2. The van der Waals surface area contributed by atoms with Gasteiger partial charge in [0.05, 0.1) is 12.5 Å². The second kappa shape index (κ2) is 10.2. The van der Waals surface area contributed by atoms with Gasteiger partial charge in [0.25, 0.3) is 0 Å². The SMILES string of the molecule is C=C(C(/C(C)=C\CC)=C(/C)CC1CCCCC1)c1ccc(CC#N)cc1. The first-order valence-electron chi connectivity index (χ1n) is 10.1. The topological polar surface area (TPSA) is 23.8 Å². The molecule has 1 aliphatic rings. The molecular weight excluding hydrogens is 314 g/mol. The molecule has 1 fully saturated rings. The maximum absolute atomic E-state index is 8.86. The van der Waals surface area contributed by atoms with Crippen molar-refractivity contribution >= 4 is 5.57 Å². The predicted octanol–water partition coefficient (Wildman–Crippen LogP) is 7.41. The van der Waals surface area contributed by atoms with E-state index in [2.05, 4.69) is 63.8 Å². The average Bonchev–Trinajstić information content (AvgIpc) is 2.64. The minimum atomic E-state index is 0.463. The molecule has 1 nitrogen and oxygen atoms in total. The average molecular weight is 348 g/mol. The van der Waals surface area contributed by atoms with Gasteiger partial charge in [-0.2, -0.15) is 5.26 Å². The van der Waals surface area contributed by atoms with Gasteiger partial charge in [0.1, 0.15) is 0 Å². The van der Waals surface area contributed by atoms with Crippen molar-refractivity contribution in [3.05, 3.63) is 64.8 Å². The van der Waals surface area contributed by atoms with Crippen LogP contribution < -0.4 is 0 Å². The van der Waals surface area contributed by atoms with E-state index in [1.807, 2.05) is 0 Å². The highest BCUT2D eigenvalue weighted by atomic mass is 14.2. The molecule has 0 heterocycles. The summed E-state index contributed by atoms with van der Waals surface area (Å²) in [4.78, 5) is 0. The normalized spacial score (nSPS) is 16.8. The highest BCUT2D eigenvalue weighted by molar-refractivity contribution is 5.82. The number of benzene rings is 1. The number of allylic oxidation sites excluding steroid dienone is 5. The fourth-order valence-electron chi connectivity index (χ4n) is 4.23. The Morgan fingerprint density at radius 2 is 1.81 bits per heavy atom. The summed E-state index contributed by atoms with van der Waals surface area (Å²) < 4.78 is 0. The van der Waals surface area contributed by atoms with Gasteiger partial charge in [-0.15, -0.1) is 0 Å². The number of nitrogens with zero attached hydrogens (tertiary/aromatic N) is 1. The molecule has 1 heteroatoms. The molecule has 1 aromatic carbocycles. The monoisotopic (exact) mass is 347 g/mol. The lowest BCUT2D eigenvalue weighted by Gasteiger charge is -2.24. The molecule has 0 bridgehead atoms. The first-order chi connectivity index (χ1) is 12.6. The van der Waals surface area contributed by atoms with E-state index < -0.39 is 0 Å². The van der Waals surface area contributed by atoms with Crippen LogP contribution in [0.1, 0.15) is 76.8 Å². The van der Waals surface area contributed by atoms with E-state index in [4.69, 9.17) is 5.26 Å². The Morgan fingerprint density at radius 3 is 2.38 bits per heavy atom. The largest absolute Gasteiger partial charge is 0.198 e. The fraction of sp³-hybridized carbons (Fsp3) is 0.480. The Morgan fingerprint density at radius 1 is 1.15 bits per heavy atom. The van der Waals surface area contributed by atoms with Gasteiger partial charge in [0.2, 0.25) is 0 Å². The Labute approximate surface area is 160 Å². The summed E-state index contributed by atoms with van der Waals surface area (Å²) in [5.41, 5.74) is 7.49. The second-order valence-corrected chi connectivity index (χ2v) is 7.67. The van der Waals surface area contributed by atoms with E-state index in [1.165, 1.54) is 55.2 Å². The minimum Gasteiger partial charge on any atom is -0.198 e. The van der Waals surface area contributed by atoms with Crippen LogP contribution in [0.25, 0.3) is 5.57 Å². The molecule has 0 amide bonds. The number of hydrogen-bond acceptors (Lipinski definition) is 1. The summed E-state index contributed by atoms with van der Waals surface area (Å²) in [6.07, 6.45) is 11.9. The molecule has 0 N–H and O–H groups in total. The van der Waals surface area contributed by atoms with Crippen LogP contribution >= 0.6 is 0 Å².